The molecule has 2 atom stereocenters. The summed E-state index contributed by atoms with van der Waals surface area (Å²) in [6.45, 7) is 5.95. The van der Waals surface area contributed by atoms with E-state index < -0.39 is 0 Å². The molecule has 3 aromatic rings. The van der Waals surface area contributed by atoms with Crippen LogP contribution in [0.25, 0.3) is 5.65 Å². The molecule has 0 radical (unpaired) electrons. The van der Waals surface area contributed by atoms with Gasteiger partial charge in [0, 0.05) is 30.3 Å². The minimum Gasteiger partial charge on any atom is -0.331 e. The molecule has 0 aliphatic carbocycles. The summed E-state index contributed by atoms with van der Waals surface area (Å²) in [5.41, 5.74) is 4.18. The van der Waals surface area contributed by atoms with Gasteiger partial charge in [0.25, 0.3) is 0 Å². The van der Waals surface area contributed by atoms with Gasteiger partial charge in [-0.25, -0.2) is 19.2 Å². The zero-order valence-corrected chi connectivity index (χ0v) is 15.2. The van der Waals surface area contributed by atoms with Crippen molar-refractivity contribution in [1.82, 2.24) is 34.3 Å². The SMILES string of the molecule is Cc1cc2ncc3c(n2n1)C[C@@H]1CC[C@@H]3N1C(=O)Cn1nc(C)nc1C. The molecule has 1 fully saturated rings. The Hall–Kier alpha value is -2.77. The van der Waals surface area contributed by atoms with Crippen molar-refractivity contribution < 1.29 is 4.79 Å². The van der Waals surface area contributed by atoms with E-state index in [0.29, 0.717) is 5.82 Å². The summed E-state index contributed by atoms with van der Waals surface area (Å²) < 4.78 is 3.66. The summed E-state index contributed by atoms with van der Waals surface area (Å²) in [5, 5.41) is 8.94. The third-order valence-electron chi connectivity index (χ3n) is 5.56. The fourth-order valence-corrected chi connectivity index (χ4v) is 4.50. The quantitative estimate of drug-likeness (QED) is 0.699. The van der Waals surface area contributed by atoms with Crippen molar-refractivity contribution in [3.8, 4) is 0 Å². The molecule has 2 aliphatic rings. The lowest BCUT2D eigenvalue weighted by Crippen LogP contribution is -2.44. The second-order valence-electron chi connectivity index (χ2n) is 7.33. The van der Waals surface area contributed by atoms with E-state index in [1.165, 1.54) is 5.69 Å². The van der Waals surface area contributed by atoms with Crippen molar-refractivity contribution in [2.75, 3.05) is 0 Å². The zero-order valence-electron chi connectivity index (χ0n) is 15.2. The Balaban J connectivity index is 1.50. The van der Waals surface area contributed by atoms with Gasteiger partial charge in [0.15, 0.2) is 5.65 Å². The van der Waals surface area contributed by atoms with Crippen LogP contribution in [0.3, 0.4) is 0 Å². The van der Waals surface area contributed by atoms with Gasteiger partial charge < -0.3 is 4.90 Å². The number of carbonyl (C=O) groups is 1. The second kappa shape index (κ2) is 5.36. The summed E-state index contributed by atoms with van der Waals surface area (Å²) in [4.78, 5) is 24.0. The number of rotatable bonds is 2. The van der Waals surface area contributed by atoms with E-state index in [0.717, 1.165) is 42.0 Å². The molecular formula is C18H21N7O. The van der Waals surface area contributed by atoms with Crippen LogP contribution >= 0.6 is 0 Å². The summed E-state index contributed by atoms with van der Waals surface area (Å²) in [5.74, 6) is 1.58. The highest BCUT2D eigenvalue weighted by Crippen LogP contribution is 2.43. The lowest BCUT2D eigenvalue weighted by Gasteiger charge is -2.36. The molecule has 0 aromatic carbocycles. The molecule has 5 heterocycles. The van der Waals surface area contributed by atoms with Crippen LogP contribution in [0.15, 0.2) is 12.3 Å². The van der Waals surface area contributed by atoms with Gasteiger partial charge in [-0.15, -0.1) is 0 Å². The monoisotopic (exact) mass is 351 g/mol. The van der Waals surface area contributed by atoms with E-state index in [1.54, 1.807) is 4.68 Å². The van der Waals surface area contributed by atoms with Crippen LogP contribution in [0, 0.1) is 20.8 Å². The molecule has 8 heteroatoms. The van der Waals surface area contributed by atoms with Crippen LogP contribution in [0.4, 0.5) is 0 Å². The Morgan fingerprint density at radius 2 is 2.08 bits per heavy atom. The topological polar surface area (TPSA) is 81.2 Å². The first-order valence-corrected chi connectivity index (χ1v) is 9.04. The maximum atomic E-state index is 13.1. The highest BCUT2D eigenvalue weighted by atomic mass is 16.2. The van der Waals surface area contributed by atoms with E-state index in [4.69, 9.17) is 0 Å². The van der Waals surface area contributed by atoms with Crippen LogP contribution in [-0.4, -0.2) is 46.2 Å². The first-order valence-electron chi connectivity index (χ1n) is 9.04. The van der Waals surface area contributed by atoms with Crippen LogP contribution in [-0.2, 0) is 17.8 Å². The van der Waals surface area contributed by atoms with Gasteiger partial charge in [-0.3, -0.25) is 4.79 Å². The molecule has 2 aliphatic heterocycles. The Labute approximate surface area is 150 Å². The Bertz CT molecular complexity index is 1030. The van der Waals surface area contributed by atoms with E-state index in [9.17, 15) is 4.79 Å². The minimum absolute atomic E-state index is 0.0857. The number of hydrogen-bond acceptors (Lipinski definition) is 5. The van der Waals surface area contributed by atoms with Gasteiger partial charge in [0.1, 0.15) is 18.2 Å². The van der Waals surface area contributed by atoms with Crippen molar-refractivity contribution in [1.29, 1.82) is 0 Å². The number of aromatic nitrogens is 6. The average molecular weight is 351 g/mol. The maximum Gasteiger partial charge on any atom is 0.245 e. The highest BCUT2D eigenvalue weighted by Gasteiger charge is 2.43. The molecule has 0 N–H and O–H groups in total. The maximum absolute atomic E-state index is 13.1. The zero-order chi connectivity index (χ0) is 18.0. The van der Waals surface area contributed by atoms with Crippen LogP contribution in [0.1, 0.15) is 47.5 Å². The molecule has 0 saturated carbocycles. The number of amides is 1. The first kappa shape index (κ1) is 15.5. The molecule has 5 rings (SSSR count). The third-order valence-corrected chi connectivity index (χ3v) is 5.56. The molecule has 1 amide bonds. The molecular weight excluding hydrogens is 330 g/mol. The largest absolute Gasteiger partial charge is 0.331 e. The van der Waals surface area contributed by atoms with E-state index in [1.807, 2.05) is 42.4 Å². The molecule has 134 valence electrons. The Morgan fingerprint density at radius 3 is 2.85 bits per heavy atom. The number of aryl methyl sites for hydroxylation is 3. The fraction of sp³-hybridized carbons (Fsp3) is 0.500. The van der Waals surface area contributed by atoms with Gasteiger partial charge in [0.2, 0.25) is 5.91 Å². The van der Waals surface area contributed by atoms with E-state index >= 15 is 0 Å². The summed E-state index contributed by atoms with van der Waals surface area (Å²) in [7, 11) is 0. The summed E-state index contributed by atoms with van der Waals surface area (Å²) >= 11 is 0. The van der Waals surface area contributed by atoms with E-state index in [2.05, 4.69) is 20.2 Å². The molecule has 0 unspecified atom stereocenters. The molecule has 1 saturated heterocycles. The fourth-order valence-electron chi connectivity index (χ4n) is 4.50. The highest BCUT2D eigenvalue weighted by molar-refractivity contribution is 5.78. The van der Waals surface area contributed by atoms with E-state index in [-0.39, 0.29) is 24.5 Å². The van der Waals surface area contributed by atoms with Crippen LogP contribution < -0.4 is 0 Å². The third kappa shape index (κ3) is 2.17. The van der Waals surface area contributed by atoms with Crippen molar-refractivity contribution >= 4 is 11.6 Å². The average Bonchev–Trinajstić information content (AvgIpc) is 3.22. The van der Waals surface area contributed by atoms with Crippen molar-refractivity contribution in [2.24, 2.45) is 0 Å². The molecule has 2 bridgehead atoms. The minimum atomic E-state index is 0.0857. The van der Waals surface area contributed by atoms with Crippen LogP contribution in [0.2, 0.25) is 0 Å². The molecule has 3 aromatic heterocycles. The predicted octanol–water partition coefficient (Wildman–Crippen LogP) is 1.53. The Kier molecular flexibility index (Phi) is 3.19. The Morgan fingerprint density at radius 1 is 1.23 bits per heavy atom. The van der Waals surface area contributed by atoms with Gasteiger partial charge in [-0.1, -0.05) is 0 Å². The van der Waals surface area contributed by atoms with Gasteiger partial charge in [0.05, 0.1) is 17.4 Å². The lowest BCUT2D eigenvalue weighted by atomic mass is 9.99. The second-order valence-corrected chi connectivity index (χ2v) is 7.33. The van der Waals surface area contributed by atoms with Crippen LogP contribution in [0.5, 0.6) is 0 Å². The molecule has 0 spiro atoms. The smallest absolute Gasteiger partial charge is 0.245 e. The molecule has 26 heavy (non-hydrogen) atoms. The normalized spacial score (nSPS) is 21.4. The van der Waals surface area contributed by atoms with Crippen molar-refractivity contribution in [3.05, 3.63) is 40.9 Å². The number of nitrogens with zero attached hydrogens (tertiary/aromatic N) is 7. The predicted molar refractivity (Wildman–Crippen MR) is 93.5 cm³/mol. The number of hydrogen-bond donors (Lipinski definition) is 0. The summed E-state index contributed by atoms with van der Waals surface area (Å²) in [6.07, 6.45) is 4.75. The van der Waals surface area contributed by atoms with Gasteiger partial charge in [-0.2, -0.15) is 10.2 Å². The standard InChI is InChI=1S/C18H21N7O/c1-10-6-17-19-8-14-15-5-4-13(7-16(14)25(17)21-10)24(15)18(26)9-23-12(3)20-11(2)22-23/h6,8,13,15H,4-5,7,9H2,1-3H3/t13-,15-/m0/s1. The molecule has 8 nitrogen and oxygen atoms in total. The summed E-state index contributed by atoms with van der Waals surface area (Å²) in [6, 6.07) is 2.30. The first-order chi connectivity index (χ1) is 12.5. The number of carbonyl (C=O) groups excluding carboxylic acids is 1. The van der Waals surface area contributed by atoms with Gasteiger partial charge in [-0.05, 0) is 33.6 Å². The van der Waals surface area contributed by atoms with Crippen molar-refractivity contribution in [2.45, 2.75) is 58.7 Å². The number of fused-ring (bicyclic) bond motifs is 6. The lowest BCUT2D eigenvalue weighted by molar-refractivity contribution is -0.135. The van der Waals surface area contributed by atoms with Crippen molar-refractivity contribution in [3.63, 3.8) is 0 Å². The van der Waals surface area contributed by atoms with Gasteiger partial charge >= 0.3 is 0 Å².